The molecule has 1 atom stereocenters. The van der Waals surface area contributed by atoms with Crippen LogP contribution in [0.5, 0.6) is 5.75 Å². The van der Waals surface area contributed by atoms with Crippen molar-refractivity contribution in [2.45, 2.75) is 78.4 Å². The van der Waals surface area contributed by atoms with Crippen molar-refractivity contribution in [2.75, 3.05) is 11.9 Å². The molecule has 2 rings (SSSR count). The number of carbonyl (C=O) groups is 1. The summed E-state index contributed by atoms with van der Waals surface area (Å²) >= 11 is 0. The summed E-state index contributed by atoms with van der Waals surface area (Å²) in [4.78, 5) is 12.8. The van der Waals surface area contributed by atoms with Gasteiger partial charge in [-0.3, -0.25) is 4.79 Å². The van der Waals surface area contributed by atoms with E-state index in [1.807, 2.05) is 32.9 Å². The molecule has 0 radical (unpaired) electrons. The first kappa shape index (κ1) is 18.8. The van der Waals surface area contributed by atoms with E-state index in [4.69, 9.17) is 9.47 Å². The Kier molecular flexibility index (Phi) is 6.27. The molecule has 0 aliphatic heterocycles. The van der Waals surface area contributed by atoms with Gasteiger partial charge >= 0.3 is 0 Å². The molecule has 0 aromatic heterocycles. The van der Waals surface area contributed by atoms with E-state index in [0.717, 1.165) is 54.7 Å². The number of anilines is 1. The lowest BCUT2D eigenvalue weighted by Gasteiger charge is -2.28. The van der Waals surface area contributed by atoms with Crippen LogP contribution in [0, 0.1) is 13.8 Å². The summed E-state index contributed by atoms with van der Waals surface area (Å²) in [6, 6.07) is 3.97. The Morgan fingerprint density at radius 3 is 2.29 bits per heavy atom. The Morgan fingerprint density at radius 1 is 1.21 bits per heavy atom. The lowest BCUT2D eigenvalue weighted by atomic mass is 10.0. The third-order valence-corrected chi connectivity index (χ3v) is 4.86. The van der Waals surface area contributed by atoms with Crippen molar-refractivity contribution in [2.24, 2.45) is 0 Å². The van der Waals surface area contributed by atoms with Gasteiger partial charge < -0.3 is 14.8 Å². The number of hydrogen-bond donors (Lipinski definition) is 1. The van der Waals surface area contributed by atoms with Crippen molar-refractivity contribution >= 4 is 11.6 Å². The van der Waals surface area contributed by atoms with E-state index >= 15 is 0 Å². The van der Waals surface area contributed by atoms with E-state index in [0.29, 0.717) is 6.61 Å². The molecule has 1 N–H and O–H groups in total. The molecule has 1 unspecified atom stereocenters. The van der Waals surface area contributed by atoms with Gasteiger partial charge in [0.15, 0.2) is 0 Å². The molecule has 0 heterocycles. The van der Waals surface area contributed by atoms with Gasteiger partial charge in [-0.1, -0.05) is 6.92 Å². The third-order valence-electron chi connectivity index (χ3n) is 4.86. The van der Waals surface area contributed by atoms with Crippen LogP contribution in [0.25, 0.3) is 0 Å². The second-order valence-electron chi connectivity index (χ2n) is 6.86. The van der Waals surface area contributed by atoms with Gasteiger partial charge in [0.25, 0.3) is 5.91 Å². The molecular formula is C20H31NO3. The number of carbonyl (C=O) groups excluding carboxylic acids is 1. The molecule has 4 heteroatoms. The van der Waals surface area contributed by atoms with Crippen molar-refractivity contribution < 1.29 is 14.3 Å². The van der Waals surface area contributed by atoms with Crippen LogP contribution in [0.4, 0.5) is 5.69 Å². The summed E-state index contributed by atoms with van der Waals surface area (Å²) in [7, 11) is 0. The Hall–Kier alpha value is -1.55. The SMILES string of the molecule is CCOC1(C(=O)Nc2cc(C)c(OC(C)CC)c(C)c2)CCCC1. The molecule has 0 spiro atoms. The van der Waals surface area contributed by atoms with Crippen LogP contribution in [0.1, 0.15) is 64.0 Å². The average molecular weight is 333 g/mol. The minimum atomic E-state index is -0.650. The van der Waals surface area contributed by atoms with Gasteiger partial charge in [-0.05, 0) is 83.1 Å². The monoisotopic (exact) mass is 333 g/mol. The van der Waals surface area contributed by atoms with E-state index < -0.39 is 5.60 Å². The van der Waals surface area contributed by atoms with Crippen LogP contribution < -0.4 is 10.1 Å². The largest absolute Gasteiger partial charge is 0.490 e. The zero-order valence-corrected chi connectivity index (χ0v) is 15.7. The third kappa shape index (κ3) is 4.10. The van der Waals surface area contributed by atoms with E-state index in [1.54, 1.807) is 0 Å². The topological polar surface area (TPSA) is 47.6 Å². The number of aryl methyl sites for hydroxylation is 2. The number of hydrogen-bond acceptors (Lipinski definition) is 3. The first-order chi connectivity index (χ1) is 11.4. The highest BCUT2D eigenvalue weighted by atomic mass is 16.5. The molecule has 1 fully saturated rings. The normalized spacial score (nSPS) is 17.5. The van der Waals surface area contributed by atoms with E-state index in [-0.39, 0.29) is 12.0 Å². The van der Waals surface area contributed by atoms with Crippen molar-refractivity contribution in [3.05, 3.63) is 23.3 Å². The molecule has 24 heavy (non-hydrogen) atoms. The molecule has 1 aliphatic rings. The summed E-state index contributed by atoms with van der Waals surface area (Å²) in [6.45, 7) is 10.7. The van der Waals surface area contributed by atoms with Gasteiger partial charge in [-0.25, -0.2) is 0 Å². The Balaban J connectivity index is 2.16. The second kappa shape index (κ2) is 8.02. The van der Waals surface area contributed by atoms with Crippen LogP contribution >= 0.6 is 0 Å². The van der Waals surface area contributed by atoms with Gasteiger partial charge in [0.2, 0.25) is 0 Å². The zero-order valence-electron chi connectivity index (χ0n) is 15.7. The molecule has 134 valence electrons. The molecule has 1 amide bonds. The number of nitrogens with one attached hydrogen (secondary N) is 1. The van der Waals surface area contributed by atoms with Crippen molar-refractivity contribution in [1.29, 1.82) is 0 Å². The summed E-state index contributed by atoms with van der Waals surface area (Å²) in [5, 5.41) is 3.07. The maximum atomic E-state index is 12.8. The molecule has 0 bridgehead atoms. The highest BCUT2D eigenvalue weighted by Gasteiger charge is 2.42. The smallest absolute Gasteiger partial charge is 0.256 e. The predicted molar refractivity (Wildman–Crippen MR) is 97.8 cm³/mol. The highest BCUT2D eigenvalue weighted by Crippen LogP contribution is 2.35. The first-order valence-corrected chi connectivity index (χ1v) is 9.15. The lowest BCUT2D eigenvalue weighted by molar-refractivity contribution is -0.140. The van der Waals surface area contributed by atoms with Gasteiger partial charge in [-0.2, -0.15) is 0 Å². The Bertz CT molecular complexity index is 553. The van der Waals surface area contributed by atoms with Crippen LogP contribution in [-0.4, -0.2) is 24.2 Å². The first-order valence-electron chi connectivity index (χ1n) is 9.15. The van der Waals surface area contributed by atoms with E-state index in [9.17, 15) is 4.79 Å². The lowest BCUT2D eigenvalue weighted by Crippen LogP contribution is -2.43. The van der Waals surface area contributed by atoms with Crippen molar-refractivity contribution in [3.63, 3.8) is 0 Å². The number of benzene rings is 1. The van der Waals surface area contributed by atoms with E-state index in [1.165, 1.54) is 0 Å². The van der Waals surface area contributed by atoms with Crippen LogP contribution in [0.3, 0.4) is 0 Å². The van der Waals surface area contributed by atoms with Gasteiger partial charge in [-0.15, -0.1) is 0 Å². The Morgan fingerprint density at radius 2 is 1.79 bits per heavy atom. The molecule has 1 aliphatic carbocycles. The summed E-state index contributed by atoms with van der Waals surface area (Å²) < 4.78 is 11.8. The molecular weight excluding hydrogens is 302 g/mol. The fourth-order valence-corrected chi connectivity index (χ4v) is 3.40. The van der Waals surface area contributed by atoms with Gasteiger partial charge in [0.05, 0.1) is 6.10 Å². The average Bonchev–Trinajstić information content (AvgIpc) is 3.01. The van der Waals surface area contributed by atoms with Crippen molar-refractivity contribution in [3.8, 4) is 5.75 Å². The van der Waals surface area contributed by atoms with Crippen LogP contribution in [0.15, 0.2) is 12.1 Å². The standard InChI is InChI=1S/C20H31NO3/c1-6-16(5)24-18-14(3)12-17(13-15(18)4)21-19(22)20(23-7-2)10-8-9-11-20/h12-13,16H,6-11H2,1-5H3,(H,21,22). The minimum Gasteiger partial charge on any atom is -0.490 e. The maximum Gasteiger partial charge on any atom is 0.256 e. The zero-order chi connectivity index (χ0) is 17.7. The van der Waals surface area contributed by atoms with Crippen LogP contribution in [0.2, 0.25) is 0 Å². The highest BCUT2D eigenvalue weighted by molar-refractivity contribution is 5.97. The minimum absolute atomic E-state index is 0.0174. The number of rotatable bonds is 7. The molecule has 1 aromatic rings. The number of ether oxygens (including phenoxy) is 2. The number of amides is 1. The summed E-state index contributed by atoms with van der Waals surface area (Å²) in [5.41, 5.74) is 2.25. The molecule has 0 saturated heterocycles. The predicted octanol–water partition coefficient (Wildman–Crippen LogP) is 4.77. The quantitative estimate of drug-likeness (QED) is 0.782. The Labute approximate surface area is 145 Å². The van der Waals surface area contributed by atoms with Gasteiger partial charge in [0, 0.05) is 12.3 Å². The summed E-state index contributed by atoms with van der Waals surface area (Å²) in [5.74, 6) is 0.902. The maximum absolute atomic E-state index is 12.8. The molecule has 1 aromatic carbocycles. The second-order valence-corrected chi connectivity index (χ2v) is 6.86. The van der Waals surface area contributed by atoms with Gasteiger partial charge in [0.1, 0.15) is 11.4 Å². The van der Waals surface area contributed by atoms with Crippen molar-refractivity contribution in [1.82, 2.24) is 0 Å². The van der Waals surface area contributed by atoms with Crippen LogP contribution in [-0.2, 0) is 9.53 Å². The fraction of sp³-hybridized carbons (Fsp3) is 0.650. The molecule has 4 nitrogen and oxygen atoms in total. The summed E-state index contributed by atoms with van der Waals surface area (Å²) in [6.07, 6.45) is 4.86. The van der Waals surface area contributed by atoms with E-state index in [2.05, 4.69) is 19.2 Å². The molecule has 1 saturated carbocycles. The fourth-order valence-electron chi connectivity index (χ4n) is 3.40.